The zero-order valence-electron chi connectivity index (χ0n) is 18.5. The van der Waals surface area contributed by atoms with Gasteiger partial charge in [-0.05, 0) is 75.9 Å². The van der Waals surface area contributed by atoms with Crippen LogP contribution in [0.15, 0.2) is 61.1 Å². The number of carbonyl (C=O) groups is 1. The van der Waals surface area contributed by atoms with Gasteiger partial charge in [0.25, 0.3) is 5.91 Å². The molecule has 1 N–H and O–H groups in total. The summed E-state index contributed by atoms with van der Waals surface area (Å²) in [6, 6.07) is 12.7. The largest absolute Gasteiger partial charge is 0.351 e. The highest BCUT2D eigenvalue weighted by atomic mass is 19.1. The fraction of sp³-hybridized carbons (Fsp3) is 0.240. The van der Waals surface area contributed by atoms with Gasteiger partial charge in [0.05, 0.1) is 11.9 Å². The predicted molar refractivity (Wildman–Crippen MR) is 124 cm³/mol. The molecule has 0 bridgehead atoms. The van der Waals surface area contributed by atoms with Crippen molar-refractivity contribution in [3.8, 4) is 22.4 Å². The molecule has 4 rings (SSSR count). The minimum atomic E-state index is -0.243. The first-order valence-electron chi connectivity index (χ1n) is 10.6. The quantitative estimate of drug-likeness (QED) is 0.446. The summed E-state index contributed by atoms with van der Waals surface area (Å²) in [4.78, 5) is 23.7. The van der Waals surface area contributed by atoms with Gasteiger partial charge in [0.2, 0.25) is 0 Å². The first kappa shape index (κ1) is 21.6. The number of hydrogen-bond acceptors (Lipinski definition) is 4. The van der Waals surface area contributed by atoms with E-state index in [1.165, 1.54) is 6.07 Å². The lowest BCUT2D eigenvalue weighted by Crippen LogP contribution is -2.28. The number of hydrogen-bond donors (Lipinski definition) is 1. The molecule has 3 heterocycles. The molecule has 1 aromatic carbocycles. The number of amides is 1. The minimum Gasteiger partial charge on any atom is -0.351 e. The van der Waals surface area contributed by atoms with Crippen LogP contribution in [0.5, 0.6) is 0 Å². The van der Waals surface area contributed by atoms with E-state index in [0.717, 1.165) is 35.3 Å². The Morgan fingerprint density at radius 1 is 1.12 bits per heavy atom. The third-order valence-electron chi connectivity index (χ3n) is 5.36. The Morgan fingerprint density at radius 3 is 2.72 bits per heavy atom. The topological polar surface area (TPSA) is 62.5 Å². The number of benzene rings is 1. The molecule has 0 aliphatic rings. The number of pyridine rings is 2. The summed E-state index contributed by atoms with van der Waals surface area (Å²) in [7, 11) is 4.02. The number of aromatic nitrogens is 3. The second-order valence-electron chi connectivity index (χ2n) is 8.07. The summed E-state index contributed by atoms with van der Waals surface area (Å²) in [5.74, 6) is -0.402. The highest BCUT2D eigenvalue weighted by Gasteiger charge is 2.15. The van der Waals surface area contributed by atoms with Crippen LogP contribution in [0.2, 0.25) is 0 Å². The van der Waals surface area contributed by atoms with Crippen molar-refractivity contribution in [3.05, 3.63) is 78.1 Å². The van der Waals surface area contributed by atoms with Crippen molar-refractivity contribution in [2.75, 3.05) is 27.2 Å². The van der Waals surface area contributed by atoms with Gasteiger partial charge in [-0.1, -0.05) is 6.07 Å². The number of nitrogens with one attached hydrogen (secondary N) is 1. The normalized spacial score (nSPS) is 11.3. The molecule has 0 radical (unpaired) electrons. The second kappa shape index (κ2) is 9.28. The van der Waals surface area contributed by atoms with E-state index >= 15 is 0 Å². The molecule has 0 saturated heterocycles. The molecule has 0 spiro atoms. The van der Waals surface area contributed by atoms with Gasteiger partial charge in [-0.3, -0.25) is 14.2 Å². The maximum Gasteiger partial charge on any atom is 0.269 e. The standard InChI is InChI=1S/C25H26FN5O/c1-17-14-18(7-9-21(17)26)24-20(6-4-11-27-24)19-8-10-23-29-15-22(31(23)16-19)25(32)28-12-5-13-30(2)3/h4,6-11,14-16H,5,12-13H2,1-3H3,(H,28,32). The number of carbonyl (C=O) groups excluding carboxylic acids is 1. The molecule has 3 aromatic heterocycles. The van der Waals surface area contributed by atoms with Crippen molar-refractivity contribution < 1.29 is 9.18 Å². The van der Waals surface area contributed by atoms with Gasteiger partial charge in [-0.2, -0.15) is 0 Å². The number of aryl methyl sites for hydroxylation is 1. The van der Waals surface area contributed by atoms with Gasteiger partial charge in [0.1, 0.15) is 17.2 Å². The van der Waals surface area contributed by atoms with E-state index in [0.29, 0.717) is 23.4 Å². The summed E-state index contributed by atoms with van der Waals surface area (Å²) < 4.78 is 15.6. The first-order chi connectivity index (χ1) is 15.4. The van der Waals surface area contributed by atoms with Crippen LogP contribution >= 0.6 is 0 Å². The fourth-order valence-electron chi connectivity index (χ4n) is 3.66. The number of imidazole rings is 1. The van der Waals surface area contributed by atoms with Crippen LogP contribution in [-0.2, 0) is 0 Å². The summed E-state index contributed by atoms with van der Waals surface area (Å²) in [6.45, 7) is 3.24. The summed E-state index contributed by atoms with van der Waals surface area (Å²) >= 11 is 0. The summed E-state index contributed by atoms with van der Waals surface area (Å²) in [6.07, 6.45) is 6.08. The molecule has 4 aromatic rings. The Balaban J connectivity index is 1.67. The van der Waals surface area contributed by atoms with Gasteiger partial charge in [-0.15, -0.1) is 0 Å². The van der Waals surface area contributed by atoms with E-state index in [1.807, 2.05) is 44.6 Å². The van der Waals surface area contributed by atoms with Crippen molar-refractivity contribution in [1.29, 1.82) is 0 Å². The molecular formula is C25H26FN5O. The maximum atomic E-state index is 13.8. The molecule has 164 valence electrons. The molecule has 0 fully saturated rings. The Kier molecular flexibility index (Phi) is 6.28. The zero-order chi connectivity index (χ0) is 22.7. The number of nitrogens with zero attached hydrogens (tertiary/aromatic N) is 4. The molecule has 0 saturated carbocycles. The lowest BCUT2D eigenvalue weighted by molar-refractivity contribution is 0.0946. The Hall–Kier alpha value is -3.58. The Morgan fingerprint density at radius 2 is 1.94 bits per heavy atom. The van der Waals surface area contributed by atoms with Crippen LogP contribution in [0, 0.1) is 12.7 Å². The van der Waals surface area contributed by atoms with E-state index in [1.54, 1.807) is 35.9 Å². The predicted octanol–water partition coefficient (Wildman–Crippen LogP) is 4.19. The van der Waals surface area contributed by atoms with Crippen molar-refractivity contribution in [2.24, 2.45) is 0 Å². The average Bonchev–Trinajstić information content (AvgIpc) is 3.22. The Bertz CT molecular complexity index is 1260. The summed E-state index contributed by atoms with van der Waals surface area (Å²) in [5, 5.41) is 2.97. The number of halogens is 1. The van der Waals surface area contributed by atoms with Crippen molar-refractivity contribution in [1.82, 2.24) is 24.6 Å². The third-order valence-corrected chi connectivity index (χ3v) is 5.36. The van der Waals surface area contributed by atoms with Crippen LogP contribution in [-0.4, -0.2) is 52.4 Å². The highest BCUT2D eigenvalue weighted by Crippen LogP contribution is 2.31. The molecule has 0 atom stereocenters. The lowest BCUT2D eigenvalue weighted by Gasteiger charge is -2.12. The number of fused-ring (bicyclic) bond motifs is 1. The second-order valence-corrected chi connectivity index (χ2v) is 8.07. The average molecular weight is 432 g/mol. The molecule has 0 aliphatic heterocycles. The monoisotopic (exact) mass is 431 g/mol. The van der Waals surface area contributed by atoms with Gasteiger partial charge < -0.3 is 10.2 Å². The molecule has 0 aliphatic carbocycles. The molecule has 32 heavy (non-hydrogen) atoms. The minimum absolute atomic E-state index is 0.158. The van der Waals surface area contributed by atoms with Gasteiger partial charge in [0.15, 0.2) is 0 Å². The Labute approximate surface area is 186 Å². The van der Waals surface area contributed by atoms with Crippen LogP contribution in [0.4, 0.5) is 4.39 Å². The van der Waals surface area contributed by atoms with Gasteiger partial charge in [-0.25, -0.2) is 9.37 Å². The van der Waals surface area contributed by atoms with E-state index in [4.69, 9.17) is 0 Å². The van der Waals surface area contributed by atoms with Crippen molar-refractivity contribution in [2.45, 2.75) is 13.3 Å². The van der Waals surface area contributed by atoms with Crippen LogP contribution < -0.4 is 5.32 Å². The smallest absolute Gasteiger partial charge is 0.269 e. The molecule has 1 amide bonds. The number of rotatable bonds is 7. The van der Waals surface area contributed by atoms with Crippen molar-refractivity contribution in [3.63, 3.8) is 0 Å². The van der Waals surface area contributed by atoms with Crippen LogP contribution in [0.3, 0.4) is 0 Å². The fourth-order valence-corrected chi connectivity index (χ4v) is 3.66. The van der Waals surface area contributed by atoms with Gasteiger partial charge >= 0.3 is 0 Å². The third kappa shape index (κ3) is 4.53. The van der Waals surface area contributed by atoms with E-state index in [-0.39, 0.29) is 11.7 Å². The van der Waals surface area contributed by atoms with Crippen molar-refractivity contribution >= 4 is 11.6 Å². The van der Waals surface area contributed by atoms with Crippen LogP contribution in [0.1, 0.15) is 22.5 Å². The lowest BCUT2D eigenvalue weighted by atomic mass is 9.99. The molecule has 6 nitrogen and oxygen atoms in total. The first-order valence-corrected chi connectivity index (χ1v) is 10.6. The zero-order valence-corrected chi connectivity index (χ0v) is 18.5. The van der Waals surface area contributed by atoms with E-state index in [9.17, 15) is 9.18 Å². The SMILES string of the molecule is Cc1cc(-c2ncccc2-c2ccc3ncc(C(=O)NCCCN(C)C)n3c2)ccc1F. The van der Waals surface area contributed by atoms with Crippen LogP contribution in [0.25, 0.3) is 28.0 Å². The molecule has 0 unspecified atom stereocenters. The summed E-state index contributed by atoms with van der Waals surface area (Å²) in [5.41, 5.74) is 5.12. The van der Waals surface area contributed by atoms with E-state index < -0.39 is 0 Å². The van der Waals surface area contributed by atoms with E-state index in [2.05, 4.69) is 20.2 Å². The maximum absolute atomic E-state index is 13.8. The molecular weight excluding hydrogens is 405 g/mol. The highest BCUT2D eigenvalue weighted by molar-refractivity contribution is 5.93. The van der Waals surface area contributed by atoms with Gasteiger partial charge in [0, 0.05) is 35.6 Å². The molecule has 7 heteroatoms.